The fourth-order valence-corrected chi connectivity index (χ4v) is 0.413. The van der Waals surface area contributed by atoms with Gasteiger partial charge in [0, 0.05) is 11.6 Å². The summed E-state index contributed by atoms with van der Waals surface area (Å²) in [5.41, 5.74) is -1.02. The first-order valence-electron chi connectivity index (χ1n) is 3.23. The molecule has 0 bridgehead atoms. The first-order chi connectivity index (χ1) is 5.88. The van der Waals surface area contributed by atoms with Crippen LogP contribution in [0.4, 0.5) is 13.2 Å². The molecule has 0 radical (unpaired) electrons. The minimum absolute atomic E-state index is 0.333. The van der Waals surface area contributed by atoms with E-state index in [1.165, 1.54) is 0 Å². The molecule has 0 aromatic carbocycles. The number of carbonyl (C=O) groups is 1. The van der Waals surface area contributed by atoms with E-state index in [-0.39, 0.29) is 6.61 Å². The molecule has 13 heavy (non-hydrogen) atoms. The molecular formula is C8H7F3O2. The number of alkyl halides is 3. The number of esters is 1. The summed E-state index contributed by atoms with van der Waals surface area (Å²) in [7, 11) is 0. The van der Waals surface area contributed by atoms with Crippen molar-refractivity contribution in [2.75, 3.05) is 6.61 Å². The zero-order valence-corrected chi connectivity index (χ0v) is 6.81. The molecule has 0 rings (SSSR count). The number of terminal acetylenes is 1. The zero-order valence-electron chi connectivity index (χ0n) is 6.81. The van der Waals surface area contributed by atoms with Gasteiger partial charge in [0.1, 0.15) is 0 Å². The van der Waals surface area contributed by atoms with Crippen molar-refractivity contribution in [2.45, 2.75) is 13.1 Å². The van der Waals surface area contributed by atoms with Gasteiger partial charge in [0.05, 0.1) is 0 Å². The number of allylic oxidation sites excluding steroid dienone is 1. The molecule has 0 atom stereocenters. The summed E-state index contributed by atoms with van der Waals surface area (Å²) < 4.78 is 39.7. The Morgan fingerprint density at radius 3 is 2.54 bits per heavy atom. The van der Waals surface area contributed by atoms with Crippen LogP contribution in [-0.2, 0) is 9.53 Å². The lowest BCUT2D eigenvalue weighted by Gasteiger charge is -2.05. The molecule has 0 spiro atoms. The molecule has 0 N–H and O–H groups in total. The number of ether oxygens (including phenoxy) is 1. The van der Waals surface area contributed by atoms with Crippen molar-refractivity contribution in [3.63, 3.8) is 0 Å². The van der Waals surface area contributed by atoms with E-state index in [4.69, 9.17) is 6.42 Å². The van der Waals surface area contributed by atoms with Crippen molar-refractivity contribution in [1.29, 1.82) is 0 Å². The molecule has 0 aliphatic carbocycles. The van der Waals surface area contributed by atoms with Crippen LogP contribution in [0.25, 0.3) is 0 Å². The Hall–Kier alpha value is -1.44. The van der Waals surface area contributed by atoms with Gasteiger partial charge < -0.3 is 4.74 Å². The topological polar surface area (TPSA) is 26.3 Å². The molecule has 0 saturated carbocycles. The second kappa shape index (κ2) is 4.55. The maximum Gasteiger partial charge on any atom is 0.412 e. The Balaban J connectivity index is 4.25. The second-order valence-electron chi connectivity index (χ2n) is 2.14. The summed E-state index contributed by atoms with van der Waals surface area (Å²) in [6, 6.07) is 0. The van der Waals surface area contributed by atoms with E-state index in [0.717, 1.165) is 6.92 Å². The average molecular weight is 192 g/mol. The first kappa shape index (κ1) is 11.6. The Bertz CT molecular complexity index is 258. The third-order valence-corrected chi connectivity index (χ3v) is 1.08. The van der Waals surface area contributed by atoms with Crippen LogP contribution in [0, 0.1) is 12.3 Å². The van der Waals surface area contributed by atoms with E-state index in [0.29, 0.717) is 6.08 Å². The summed E-state index contributed by atoms with van der Waals surface area (Å²) in [6.45, 7) is 0.442. The van der Waals surface area contributed by atoms with Crippen molar-refractivity contribution < 1.29 is 22.7 Å². The molecule has 0 aliphatic heterocycles. The molecular weight excluding hydrogens is 185 g/mol. The minimum atomic E-state index is -4.50. The Labute approximate surface area is 73.4 Å². The first-order valence-corrected chi connectivity index (χ1v) is 3.23. The fraction of sp³-hybridized carbons (Fsp3) is 0.375. The van der Waals surface area contributed by atoms with Crippen molar-refractivity contribution in [3.8, 4) is 12.3 Å². The van der Waals surface area contributed by atoms with Crippen LogP contribution in [0.3, 0.4) is 0 Å². The van der Waals surface area contributed by atoms with E-state index >= 15 is 0 Å². The Morgan fingerprint density at radius 2 is 2.15 bits per heavy atom. The Kier molecular flexibility index (Phi) is 4.05. The molecule has 72 valence electrons. The van der Waals surface area contributed by atoms with Gasteiger partial charge in [0.2, 0.25) is 0 Å². The summed E-state index contributed by atoms with van der Waals surface area (Å²) in [4.78, 5) is 10.6. The quantitative estimate of drug-likeness (QED) is 0.378. The molecule has 0 fully saturated rings. The van der Waals surface area contributed by atoms with Gasteiger partial charge in [0.15, 0.2) is 6.61 Å². The molecule has 0 unspecified atom stereocenters. The zero-order chi connectivity index (χ0) is 10.5. The molecule has 0 aromatic heterocycles. The minimum Gasteiger partial charge on any atom is -0.449 e. The van der Waals surface area contributed by atoms with Gasteiger partial charge in [-0.2, -0.15) is 13.2 Å². The monoisotopic (exact) mass is 192 g/mol. The molecule has 0 heterocycles. The van der Waals surface area contributed by atoms with Gasteiger partial charge in [-0.3, -0.25) is 0 Å². The number of rotatable bonds is 2. The maximum absolute atomic E-state index is 11.8. The number of halogens is 3. The van der Waals surface area contributed by atoms with Crippen molar-refractivity contribution in [2.24, 2.45) is 0 Å². The standard InChI is InChI=1S/C8H7F3O2/c1-3-4-13-7(12)5-6(2)8(9,10)11/h1,5H,4H2,2H3. The highest BCUT2D eigenvalue weighted by molar-refractivity contribution is 5.83. The van der Waals surface area contributed by atoms with Gasteiger partial charge in [-0.25, -0.2) is 4.79 Å². The van der Waals surface area contributed by atoms with Crippen molar-refractivity contribution in [1.82, 2.24) is 0 Å². The molecule has 0 aromatic rings. The molecule has 0 saturated heterocycles. The summed E-state index contributed by atoms with van der Waals surface area (Å²) in [5.74, 6) is 0.867. The maximum atomic E-state index is 11.8. The number of carbonyl (C=O) groups excluding carboxylic acids is 1. The van der Waals surface area contributed by atoms with Gasteiger partial charge in [-0.05, 0) is 6.92 Å². The SMILES string of the molecule is C#CCOC(=O)C=C(C)C(F)(F)F. The molecule has 0 aliphatic rings. The van der Waals surface area contributed by atoms with Crippen molar-refractivity contribution >= 4 is 5.97 Å². The van der Waals surface area contributed by atoms with Crippen LogP contribution in [0.15, 0.2) is 11.6 Å². The van der Waals surface area contributed by atoms with E-state index in [1.54, 1.807) is 0 Å². The third-order valence-electron chi connectivity index (χ3n) is 1.08. The van der Waals surface area contributed by atoms with Crippen LogP contribution < -0.4 is 0 Å². The van der Waals surface area contributed by atoms with Gasteiger partial charge in [0.25, 0.3) is 0 Å². The van der Waals surface area contributed by atoms with Crippen LogP contribution in [0.1, 0.15) is 6.92 Å². The normalized spacial score (nSPS) is 12.1. The lowest BCUT2D eigenvalue weighted by atomic mass is 10.3. The van der Waals surface area contributed by atoms with E-state index < -0.39 is 17.7 Å². The summed E-state index contributed by atoms with van der Waals surface area (Å²) in [6.07, 6.45) is 0.577. The number of hydrogen-bond donors (Lipinski definition) is 0. The van der Waals surface area contributed by atoms with Gasteiger partial charge >= 0.3 is 12.1 Å². The van der Waals surface area contributed by atoms with Crippen LogP contribution in [0.2, 0.25) is 0 Å². The van der Waals surface area contributed by atoms with Gasteiger partial charge in [-0.1, -0.05) is 5.92 Å². The van der Waals surface area contributed by atoms with E-state index in [1.807, 2.05) is 5.92 Å². The lowest BCUT2D eigenvalue weighted by Crippen LogP contribution is -2.12. The predicted octanol–water partition coefficient (Wildman–Crippen LogP) is 1.67. The highest BCUT2D eigenvalue weighted by atomic mass is 19.4. The van der Waals surface area contributed by atoms with E-state index in [2.05, 4.69) is 4.74 Å². The van der Waals surface area contributed by atoms with Crippen LogP contribution in [-0.4, -0.2) is 18.8 Å². The Morgan fingerprint density at radius 1 is 1.62 bits per heavy atom. The molecule has 0 amide bonds. The van der Waals surface area contributed by atoms with Gasteiger partial charge in [-0.15, -0.1) is 6.42 Å². The van der Waals surface area contributed by atoms with E-state index in [9.17, 15) is 18.0 Å². The predicted molar refractivity (Wildman–Crippen MR) is 39.6 cm³/mol. The summed E-state index contributed by atoms with van der Waals surface area (Å²) >= 11 is 0. The average Bonchev–Trinajstić information content (AvgIpc) is 1.99. The highest BCUT2D eigenvalue weighted by Gasteiger charge is 2.30. The number of hydrogen-bond acceptors (Lipinski definition) is 2. The third kappa shape index (κ3) is 4.90. The summed E-state index contributed by atoms with van der Waals surface area (Å²) in [5, 5.41) is 0. The lowest BCUT2D eigenvalue weighted by molar-refractivity contribution is -0.137. The fourth-order valence-electron chi connectivity index (χ4n) is 0.413. The molecule has 2 nitrogen and oxygen atoms in total. The highest BCUT2D eigenvalue weighted by Crippen LogP contribution is 2.24. The second-order valence-corrected chi connectivity index (χ2v) is 2.14. The largest absolute Gasteiger partial charge is 0.449 e. The smallest absolute Gasteiger partial charge is 0.412 e. The van der Waals surface area contributed by atoms with Crippen molar-refractivity contribution in [3.05, 3.63) is 11.6 Å². The van der Waals surface area contributed by atoms with Crippen LogP contribution >= 0.6 is 0 Å². The van der Waals surface area contributed by atoms with Crippen LogP contribution in [0.5, 0.6) is 0 Å². The molecule has 5 heteroatoms.